The van der Waals surface area contributed by atoms with Crippen LogP contribution in [0.2, 0.25) is 5.02 Å². The number of hydrogen-bond acceptors (Lipinski definition) is 4. The molecule has 3 rings (SSSR count). The van der Waals surface area contributed by atoms with E-state index in [1.165, 1.54) is 11.8 Å². The highest BCUT2D eigenvalue weighted by molar-refractivity contribution is 8.01. The molecule has 0 saturated heterocycles. The third-order valence-corrected chi connectivity index (χ3v) is 6.39. The highest BCUT2D eigenvalue weighted by Crippen LogP contribution is 2.38. The first kappa shape index (κ1) is 22.2. The largest absolute Gasteiger partial charge is 0.352 e. The van der Waals surface area contributed by atoms with Crippen molar-refractivity contribution in [1.29, 1.82) is 0 Å². The van der Waals surface area contributed by atoms with Gasteiger partial charge in [-0.2, -0.15) is 0 Å². The van der Waals surface area contributed by atoms with Crippen molar-refractivity contribution in [2.75, 3.05) is 10.6 Å². The van der Waals surface area contributed by atoms with Crippen LogP contribution in [0.25, 0.3) is 0 Å². The number of amides is 3. The number of halogens is 1. The monoisotopic (exact) mass is 445 g/mol. The molecular formula is C22H24ClN3O3S. The van der Waals surface area contributed by atoms with E-state index in [1.807, 2.05) is 44.2 Å². The summed E-state index contributed by atoms with van der Waals surface area (Å²) in [6.45, 7) is 4.16. The summed E-state index contributed by atoms with van der Waals surface area (Å²) in [5.74, 6) is -0.511. The molecule has 0 fully saturated rings. The highest BCUT2D eigenvalue weighted by Gasteiger charge is 2.29. The zero-order chi connectivity index (χ0) is 21.7. The number of anilines is 2. The van der Waals surface area contributed by atoms with Gasteiger partial charge in [0.25, 0.3) is 0 Å². The maximum absolute atomic E-state index is 12.4. The molecule has 30 heavy (non-hydrogen) atoms. The van der Waals surface area contributed by atoms with Crippen LogP contribution in [0.1, 0.15) is 32.3 Å². The molecule has 2 unspecified atom stereocenters. The minimum absolute atomic E-state index is 0.0272. The number of benzene rings is 2. The fraction of sp³-hybridized carbons (Fsp3) is 0.318. The van der Waals surface area contributed by atoms with Crippen LogP contribution in [-0.4, -0.2) is 23.0 Å². The van der Waals surface area contributed by atoms with Crippen LogP contribution in [0, 0.1) is 5.92 Å². The van der Waals surface area contributed by atoms with Crippen LogP contribution in [0.5, 0.6) is 0 Å². The second-order valence-corrected chi connectivity index (χ2v) is 8.90. The lowest BCUT2D eigenvalue weighted by atomic mass is 10.1. The second kappa shape index (κ2) is 10.00. The van der Waals surface area contributed by atoms with Gasteiger partial charge >= 0.3 is 0 Å². The fourth-order valence-corrected chi connectivity index (χ4v) is 4.17. The van der Waals surface area contributed by atoms with Gasteiger partial charge < -0.3 is 16.0 Å². The topological polar surface area (TPSA) is 87.3 Å². The van der Waals surface area contributed by atoms with Gasteiger partial charge in [0, 0.05) is 34.5 Å². The van der Waals surface area contributed by atoms with Crippen molar-refractivity contribution in [3.8, 4) is 0 Å². The zero-order valence-corrected chi connectivity index (χ0v) is 18.4. The van der Waals surface area contributed by atoms with E-state index in [9.17, 15) is 14.4 Å². The number of hydrogen-bond donors (Lipinski definition) is 3. The molecule has 1 heterocycles. The van der Waals surface area contributed by atoms with E-state index in [4.69, 9.17) is 11.6 Å². The van der Waals surface area contributed by atoms with Gasteiger partial charge in [0.2, 0.25) is 17.7 Å². The third kappa shape index (κ3) is 5.77. The molecule has 2 aromatic rings. The lowest BCUT2D eigenvalue weighted by molar-refractivity contribution is -0.124. The van der Waals surface area contributed by atoms with Gasteiger partial charge in [0.05, 0.1) is 10.9 Å². The molecule has 0 radical (unpaired) electrons. The van der Waals surface area contributed by atoms with Gasteiger partial charge in [-0.3, -0.25) is 14.4 Å². The molecule has 3 amide bonds. The molecule has 8 heteroatoms. The number of nitrogens with one attached hydrogen (secondary N) is 3. The van der Waals surface area contributed by atoms with Crippen LogP contribution < -0.4 is 16.0 Å². The summed E-state index contributed by atoms with van der Waals surface area (Å²) < 4.78 is 0. The van der Waals surface area contributed by atoms with E-state index in [0.717, 1.165) is 16.9 Å². The molecule has 0 aliphatic carbocycles. The second-order valence-electron chi connectivity index (χ2n) is 7.22. The fourth-order valence-electron chi connectivity index (χ4n) is 2.91. The van der Waals surface area contributed by atoms with E-state index >= 15 is 0 Å². The van der Waals surface area contributed by atoms with Crippen LogP contribution in [0.15, 0.2) is 47.4 Å². The summed E-state index contributed by atoms with van der Waals surface area (Å²) in [6.07, 6.45) is 0.842. The van der Waals surface area contributed by atoms with Crippen molar-refractivity contribution < 1.29 is 14.4 Å². The van der Waals surface area contributed by atoms with Gasteiger partial charge in [-0.25, -0.2) is 0 Å². The summed E-state index contributed by atoms with van der Waals surface area (Å²) in [5, 5.41) is 8.59. The molecule has 2 aromatic carbocycles. The lowest BCUT2D eigenvalue weighted by Crippen LogP contribution is -2.34. The first-order chi connectivity index (χ1) is 14.4. The molecule has 0 aromatic heterocycles. The van der Waals surface area contributed by atoms with Gasteiger partial charge in [-0.05, 0) is 42.3 Å². The molecule has 1 aliphatic heterocycles. The SMILES string of the molecule is CCC(C)C(=O)Nc1cccc(CNC(=O)CC2Sc3ccc(Cl)cc3NC2=O)c1. The third-order valence-electron chi connectivity index (χ3n) is 4.88. The zero-order valence-electron chi connectivity index (χ0n) is 16.8. The molecule has 2 atom stereocenters. The lowest BCUT2D eigenvalue weighted by Gasteiger charge is -2.23. The Labute approximate surface area is 185 Å². The molecule has 0 bridgehead atoms. The maximum atomic E-state index is 12.4. The smallest absolute Gasteiger partial charge is 0.238 e. The summed E-state index contributed by atoms with van der Waals surface area (Å²) in [7, 11) is 0. The molecule has 6 nitrogen and oxygen atoms in total. The number of rotatable bonds is 7. The Balaban J connectivity index is 1.54. The van der Waals surface area contributed by atoms with Crippen molar-refractivity contribution in [2.24, 2.45) is 5.92 Å². The number of carbonyl (C=O) groups is 3. The van der Waals surface area contributed by atoms with Crippen LogP contribution in [0.3, 0.4) is 0 Å². The van der Waals surface area contributed by atoms with Crippen molar-refractivity contribution in [1.82, 2.24) is 5.32 Å². The van der Waals surface area contributed by atoms with E-state index in [2.05, 4.69) is 16.0 Å². The maximum Gasteiger partial charge on any atom is 0.238 e. The number of carbonyl (C=O) groups excluding carboxylic acids is 3. The van der Waals surface area contributed by atoms with E-state index in [0.29, 0.717) is 22.9 Å². The standard InChI is InChI=1S/C22H24ClN3O3S/c1-3-13(2)21(28)25-16-6-4-5-14(9-16)12-24-20(27)11-19-22(29)26-17-10-15(23)7-8-18(17)30-19/h4-10,13,19H,3,11-12H2,1-2H3,(H,24,27)(H,25,28)(H,26,29). The van der Waals surface area contributed by atoms with Gasteiger partial charge in [-0.15, -0.1) is 11.8 Å². The van der Waals surface area contributed by atoms with Crippen molar-refractivity contribution in [3.63, 3.8) is 0 Å². The average Bonchev–Trinajstić information content (AvgIpc) is 2.72. The van der Waals surface area contributed by atoms with Crippen LogP contribution >= 0.6 is 23.4 Å². The average molecular weight is 446 g/mol. The predicted molar refractivity (Wildman–Crippen MR) is 121 cm³/mol. The Kier molecular flexibility index (Phi) is 7.39. The first-order valence-electron chi connectivity index (χ1n) is 9.79. The molecule has 158 valence electrons. The summed E-state index contributed by atoms with van der Waals surface area (Å²) in [5.41, 5.74) is 2.24. The van der Waals surface area contributed by atoms with E-state index in [1.54, 1.807) is 12.1 Å². The number of fused-ring (bicyclic) bond motifs is 1. The van der Waals surface area contributed by atoms with E-state index < -0.39 is 5.25 Å². The minimum Gasteiger partial charge on any atom is -0.352 e. The van der Waals surface area contributed by atoms with Crippen LogP contribution in [-0.2, 0) is 20.9 Å². The van der Waals surface area contributed by atoms with Gasteiger partial charge in [0.15, 0.2) is 0 Å². The summed E-state index contributed by atoms with van der Waals surface area (Å²) >= 11 is 7.32. The first-order valence-corrected chi connectivity index (χ1v) is 11.0. The molecule has 3 N–H and O–H groups in total. The highest BCUT2D eigenvalue weighted by atomic mass is 35.5. The molecule has 0 spiro atoms. The van der Waals surface area contributed by atoms with Crippen molar-refractivity contribution in [2.45, 2.75) is 43.4 Å². The Bertz CT molecular complexity index is 966. The van der Waals surface area contributed by atoms with Gasteiger partial charge in [0.1, 0.15) is 0 Å². The van der Waals surface area contributed by atoms with Crippen molar-refractivity contribution in [3.05, 3.63) is 53.1 Å². The Morgan fingerprint density at radius 3 is 2.80 bits per heavy atom. The summed E-state index contributed by atoms with van der Waals surface area (Å²) in [4.78, 5) is 37.6. The Hall–Kier alpha value is -2.51. The Morgan fingerprint density at radius 2 is 2.03 bits per heavy atom. The van der Waals surface area contributed by atoms with Crippen molar-refractivity contribution >= 4 is 52.5 Å². The predicted octanol–water partition coefficient (Wildman–Crippen LogP) is 4.44. The normalized spacial score (nSPS) is 16.2. The minimum atomic E-state index is -0.500. The molecule has 0 saturated carbocycles. The number of thioether (sulfide) groups is 1. The summed E-state index contributed by atoms with van der Waals surface area (Å²) in [6, 6.07) is 12.7. The van der Waals surface area contributed by atoms with E-state index in [-0.39, 0.29) is 30.1 Å². The Morgan fingerprint density at radius 1 is 1.23 bits per heavy atom. The van der Waals surface area contributed by atoms with Crippen LogP contribution in [0.4, 0.5) is 11.4 Å². The van der Waals surface area contributed by atoms with Gasteiger partial charge in [-0.1, -0.05) is 37.6 Å². The quantitative estimate of drug-likeness (QED) is 0.587. The molecule has 1 aliphatic rings. The molecular weight excluding hydrogens is 422 g/mol.